The number of likely N-dealkylation sites (tertiary alicyclic amines) is 1. The number of hydrogen-bond acceptors (Lipinski definition) is 4. The summed E-state index contributed by atoms with van der Waals surface area (Å²) in [6, 6.07) is 0. The maximum Gasteiger partial charge on any atom is 0.120 e. The first kappa shape index (κ1) is 13.1. The fourth-order valence-electron chi connectivity index (χ4n) is 3.07. The molecule has 0 bridgehead atoms. The normalized spacial score (nSPS) is 26.6. The fraction of sp³-hybridized carbons (Fsp3) is 0.786. The number of H-pyrrole nitrogens is 1. The molecule has 19 heavy (non-hydrogen) atoms. The Morgan fingerprint density at radius 1 is 1.21 bits per heavy atom. The van der Waals surface area contributed by atoms with Crippen molar-refractivity contribution in [3.63, 3.8) is 0 Å². The second kappa shape index (κ2) is 6.50. The molecule has 0 amide bonds. The van der Waals surface area contributed by atoms with Crippen LogP contribution in [-0.2, 0) is 11.3 Å². The molecule has 1 unspecified atom stereocenters. The van der Waals surface area contributed by atoms with Crippen LogP contribution in [0.3, 0.4) is 0 Å². The Hall–Kier alpha value is -0.910. The lowest BCUT2D eigenvalue weighted by Gasteiger charge is -2.26. The average Bonchev–Trinajstić information content (AvgIpc) is 3.03. The third kappa shape index (κ3) is 3.78. The lowest BCUT2D eigenvalue weighted by atomic mass is 10.3. The standard InChI is InChI=1S/C14H24N4O/c1-2-7-17(6-1)10-13-11-18(8-3-9-19-13)12-14-15-4-5-16-14/h4-5,13H,1-3,6-12H2,(H,15,16). The van der Waals surface area contributed by atoms with Crippen LogP contribution in [0.1, 0.15) is 25.1 Å². The van der Waals surface area contributed by atoms with Crippen LogP contribution in [0.15, 0.2) is 12.4 Å². The van der Waals surface area contributed by atoms with Crippen molar-refractivity contribution in [2.45, 2.75) is 31.9 Å². The van der Waals surface area contributed by atoms with Gasteiger partial charge in [0.1, 0.15) is 5.82 Å². The van der Waals surface area contributed by atoms with Gasteiger partial charge in [-0.1, -0.05) is 0 Å². The SMILES string of the molecule is c1c[nH]c(CN2CCCOC(CN3CCCC3)C2)n1. The van der Waals surface area contributed by atoms with Crippen molar-refractivity contribution in [2.75, 3.05) is 39.3 Å². The molecule has 1 N–H and O–H groups in total. The molecule has 2 fully saturated rings. The molecule has 3 heterocycles. The Balaban J connectivity index is 1.53. The maximum atomic E-state index is 6.00. The van der Waals surface area contributed by atoms with Crippen LogP contribution in [-0.4, -0.2) is 65.2 Å². The molecule has 1 aromatic heterocycles. The van der Waals surface area contributed by atoms with E-state index in [2.05, 4.69) is 19.8 Å². The van der Waals surface area contributed by atoms with E-state index in [4.69, 9.17) is 4.74 Å². The van der Waals surface area contributed by atoms with Crippen molar-refractivity contribution in [2.24, 2.45) is 0 Å². The van der Waals surface area contributed by atoms with E-state index in [9.17, 15) is 0 Å². The third-order valence-electron chi connectivity index (χ3n) is 4.02. The summed E-state index contributed by atoms with van der Waals surface area (Å²) in [7, 11) is 0. The van der Waals surface area contributed by atoms with Crippen LogP contribution >= 0.6 is 0 Å². The highest BCUT2D eigenvalue weighted by Crippen LogP contribution is 2.13. The zero-order valence-electron chi connectivity index (χ0n) is 11.6. The topological polar surface area (TPSA) is 44.4 Å². The highest BCUT2D eigenvalue weighted by Gasteiger charge is 2.23. The molecule has 1 atom stereocenters. The predicted molar refractivity (Wildman–Crippen MR) is 73.9 cm³/mol. The zero-order chi connectivity index (χ0) is 12.9. The molecular weight excluding hydrogens is 240 g/mol. The van der Waals surface area contributed by atoms with E-state index in [1.165, 1.54) is 25.9 Å². The number of hydrogen-bond donors (Lipinski definition) is 1. The van der Waals surface area contributed by atoms with Crippen molar-refractivity contribution in [3.8, 4) is 0 Å². The van der Waals surface area contributed by atoms with Gasteiger partial charge in [-0.3, -0.25) is 4.90 Å². The molecule has 0 radical (unpaired) electrons. The molecule has 0 aliphatic carbocycles. The molecule has 0 aromatic carbocycles. The van der Waals surface area contributed by atoms with E-state index >= 15 is 0 Å². The van der Waals surface area contributed by atoms with Gasteiger partial charge in [0, 0.05) is 38.6 Å². The van der Waals surface area contributed by atoms with Gasteiger partial charge in [-0.25, -0.2) is 4.98 Å². The molecule has 2 saturated heterocycles. The molecule has 0 saturated carbocycles. The van der Waals surface area contributed by atoms with E-state index in [1.807, 2.05) is 12.4 Å². The molecule has 2 aliphatic heterocycles. The van der Waals surface area contributed by atoms with Gasteiger partial charge in [0.2, 0.25) is 0 Å². The van der Waals surface area contributed by atoms with Gasteiger partial charge in [0.25, 0.3) is 0 Å². The van der Waals surface area contributed by atoms with E-state index in [0.717, 1.165) is 45.0 Å². The minimum absolute atomic E-state index is 0.357. The number of nitrogens with one attached hydrogen (secondary N) is 1. The minimum Gasteiger partial charge on any atom is -0.376 e. The van der Waals surface area contributed by atoms with Gasteiger partial charge in [0.15, 0.2) is 0 Å². The fourth-order valence-corrected chi connectivity index (χ4v) is 3.07. The van der Waals surface area contributed by atoms with Crippen molar-refractivity contribution in [3.05, 3.63) is 18.2 Å². The Morgan fingerprint density at radius 3 is 2.84 bits per heavy atom. The minimum atomic E-state index is 0.357. The number of rotatable bonds is 4. The number of imidazole rings is 1. The lowest BCUT2D eigenvalue weighted by Crippen LogP contribution is -2.39. The van der Waals surface area contributed by atoms with E-state index in [1.54, 1.807) is 0 Å². The number of aromatic nitrogens is 2. The van der Waals surface area contributed by atoms with Gasteiger partial charge >= 0.3 is 0 Å². The Labute approximate surface area is 114 Å². The van der Waals surface area contributed by atoms with Crippen LogP contribution in [0.5, 0.6) is 0 Å². The molecule has 106 valence electrons. The van der Waals surface area contributed by atoms with Crippen LogP contribution in [0.4, 0.5) is 0 Å². The second-order valence-electron chi connectivity index (χ2n) is 5.63. The van der Waals surface area contributed by atoms with E-state index in [-0.39, 0.29) is 0 Å². The summed E-state index contributed by atoms with van der Waals surface area (Å²) in [5.74, 6) is 1.06. The van der Waals surface area contributed by atoms with Crippen LogP contribution in [0.25, 0.3) is 0 Å². The summed E-state index contributed by atoms with van der Waals surface area (Å²) in [5, 5.41) is 0. The van der Waals surface area contributed by atoms with Crippen molar-refractivity contribution < 1.29 is 4.74 Å². The largest absolute Gasteiger partial charge is 0.376 e. The Morgan fingerprint density at radius 2 is 2.05 bits per heavy atom. The van der Waals surface area contributed by atoms with Crippen molar-refractivity contribution >= 4 is 0 Å². The van der Waals surface area contributed by atoms with Crippen LogP contribution in [0.2, 0.25) is 0 Å². The molecule has 5 heteroatoms. The number of ether oxygens (including phenoxy) is 1. The van der Waals surface area contributed by atoms with Gasteiger partial charge in [-0.15, -0.1) is 0 Å². The Bertz CT molecular complexity index is 362. The molecule has 3 rings (SSSR count). The Kier molecular flexibility index (Phi) is 4.48. The van der Waals surface area contributed by atoms with Crippen molar-refractivity contribution in [1.82, 2.24) is 19.8 Å². The quantitative estimate of drug-likeness (QED) is 0.884. The molecule has 1 aromatic rings. The summed E-state index contributed by atoms with van der Waals surface area (Å²) in [6.07, 6.45) is 7.90. The highest BCUT2D eigenvalue weighted by atomic mass is 16.5. The number of aromatic amines is 1. The van der Waals surface area contributed by atoms with Gasteiger partial charge in [0.05, 0.1) is 12.6 Å². The summed E-state index contributed by atoms with van der Waals surface area (Å²) in [5.41, 5.74) is 0. The second-order valence-corrected chi connectivity index (χ2v) is 5.63. The number of nitrogens with zero attached hydrogens (tertiary/aromatic N) is 3. The first-order chi connectivity index (χ1) is 9.40. The summed E-state index contributed by atoms with van der Waals surface area (Å²) in [6.45, 7) is 7.53. The summed E-state index contributed by atoms with van der Waals surface area (Å²) in [4.78, 5) is 12.5. The summed E-state index contributed by atoms with van der Waals surface area (Å²) < 4.78 is 6.00. The third-order valence-corrected chi connectivity index (χ3v) is 4.02. The van der Waals surface area contributed by atoms with Crippen LogP contribution < -0.4 is 0 Å². The van der Waals surface area contributed by atoms with Crippen molar-refractivity contribution in [1.29, 1.82) is 0 Å². The monoisotopic (exact) mass is 264 g/mol. The van der Waals surface area contributed by atoms with Crippen LogP contribution in [0, 0.1) is 0 Å². The molecule has 5 nitrogen and oxygen atoms in total. The van der Waals surface area contributed by atoms with Gasteiger partial charge in [-0.2, -0.15) is 0 Å². The van der Waals surface area contributed by atoms with Gasteiger partial charge < -0.3 is 14.6 Å². The lowest BCUT2D eigenvalue weighted by molar-refractivity contribution is 0.0305. The first-order valence-corrected chi connectivity index (χ1v) is 7.45. The van der Waals surface area contributed by atoms with E-state index in [0.29, 0.717) is 6.10 Å². The summed E-state index contributed by atoms with van der Waals surface area (Å²) >= 11 is 0. The van der Waals surface area contributed by atoms with E-state index < -0.39 is 0 Å². The molecular formula is C14H24N4O. The molecule has 0 spiro atoms. The highest BCUT2D eigenvalue weighted by molar-refractivity contribution is 4.88. The zero-order valence-corrected chi connectivity index (χ0v) is 11.6. The smallest absolute Gasteiger partial charge is 0.120 e. The average molecular weight is 264 g/mol. The van der Waals surface area contributed by atoms with Gasteiger partial charge in [-0.05, 0) is 32.4 Å². The molecule has 2 aliphatic rings. The predicted octanol–water partition coefficient (Wildman–Crippen LogP) is 1.10. The first-order valence-electron chi connectivity index (χ1n) is 7.45. The maximum absolute atomic E-state index is 6.00.